The number of guanidine groups is 1. The van der Waals surface area contributed by atoms with E-state index in [1.807, 2.05) is 24.3 Å². The summed E-state index contributed by atoms with van der Waals surface area (Å²) in [5, 5.41) is 6.34. The lowest BCUT2D eigenvalue weighted by atomic mass is 10.2. The maximum atomic E-state index is 13.8. The van der Waals surface area contributed by atoms with E-state index in [0.29, 0.717) is 5.96 Å². The second-order valence-corrected chi connectivity index (χ2v) is 9.07. The molecule has 1 heterocycles. The van der Waals surface area contributed by atoms with Crippen LogP contribution in [0.1, 0.15) is 6.42 Å². The van der Waals surface area contributed by atoms with Gasteiger partial charge >= 0.3 is 0 Å². The van der Waals surface area contributed by atoms with Gasteiger partial charge in [0.05, 0.1) is 18.6 Å². The number of para-hydroxylation sites is 2. The number of halogens is 2. The van der Waals surface area contributed by atoms with E-state index in [0.717, 1.165) is 37.0 Å². The Kier molecular flexibility index (Phi) is 9.35. The van der Waals surface area contributed by atoms with E-state index in [1.54, 1.807) is 14.2 Å². The zero-order valence-electron chi connectivity index (χ0n) is 17.5. The van der Waals surface area contributed by atoms with E-state index >= 15 is 0 Å². The summed E-state index contributed by atoms with van der Waals surface area (Å²) < 4.78 is 44.0. The molecule has 0 aromatic heterocycles. The van der Waals surface area contributed by atoms with Crippen molar-refractivity contribution in [3.63, 3.8) is 0 Å². The van der Waals surface area contributed by atoms with Crippen LogP contribution >= 0.6 is 24.0 Å². The number of sulfone groups is 1. The summed E-state index contributed by atoms with van der Waals surface area (Å²) in [6.07, 6.45) is 0.909. The number of aliphatic imine (C=N–C) groups is 1. The molecule has 2 aromatic carbocycles. The molecule has 170 valence electrons. The number of rotatable bonds is 7. The van der Waals surface area contributed by atoms with E-state index in [2.05, 4.69) is 20.5 Å². The van der Waals surface area contributed by atoms with Crippen molar-refractivity contribution in [3.8, 4) is 5.75 Å². The van der Waals surface area contributed by atoms with Crippen LogP contribution in [0.15, 0.2) is 58.4 Å². The Balaban J connectivity index is 0.00000341. The molecule has 3 rings (SSSR count). The summed E-state index contributed by atoms with van der Waals surface area (Å²) in [6.45, 7) is 1.77. The van der Waals surface area contributed by atoms with Crippen molar-refractivity contribution in [3.05, 3.63) is 54.3 Å². The van der Waals surface area contributed by atoms with Gasteiger partial charge in [0.2, 0.25) is 0 Å². The maximum absolute atomic E-state index is 13.8. The number of anilines is 1. The van der Waals surface area contributed by atoms with Crippen LogP contribution in [0.3, 0.4) is 0 Å². The van der Waals surface area contributed by atoms with Gasteiger partial charge in [-0.1, -0.05) is 24.3 Å². The fraction of sp³-hybridized carbons (Fsp3) is 0.381. The number of hydrogen-bond donors (Lipinski definition) is 2. The molecule has 0 bridgehead atoms. The van der Waals surface area contributed by atoms with Crippen LogP contribution in [-0.2, 0) is 9.84 Å². The average molecular weight is 562 g/mol. The number of nitrogens with zero attached hydrogens (tertiary/aromatic N) is 2. The van der Waals surface area contributed by atoms with Crippen LogP contribution in [0.25, 0.3) is 0 Å². The molecule has 1 aliphatic heterocycles. The number of hydrogen-bond acceptors (Lipinski definition) is 5. The van der Waals surface area contributed by atoms with Crippen LogP contribution in [-0.4, -0.2) is 60.0 Å². The Morgan fingerprint density at radius 3 is 2.65 bits per heavy atom. The molecule has 2 N–H and O–H groups in total. The van der Waals surface area contributed by atoms with Crippen molar-refractivity contribution < 1.29 is 17.5 Å². The molecule has 1 atom stereocenters. The first kappa shape index (κ1) is 25.2. The first-order valence-corrected chi connectivity index (χ1v) is 11.4. The quantitative estimate of drug-likeness (QED) is 0.307. The average Bonchev–Trinajstić information content (AvgIpc) is 3.21. The Morgan fingerprint density at radius 2 is 1.94 bits per heavy atom. The third kappa shape index (κ3) is 6.45. The lowest BCUT2D eigenvalue weighted by Crippen LogP contribution is -2.45. The molecule has 2 aromatic rings. The highest BCUT2D eigenvalue weighted by atomic mass is 127. The predicted molar refractivity (Wildman–Crippen MR) is 132 cm³/mol. The molecule has 0 amide bonds. The summed E-state index contributed by atoms with van der Waals surface area (Å²) >= 11 is 0. The Labute approximate surface area is 200 Å². The number of benzene rings is 2. The Hall–Kier alpha value is -2.08. The highest BCUT2D eigenvalue weighted by Gasteiger charge is 2.25. The van der Waals surface area contributed by atoms with E-state index < -0.39 is 15.7 Å². The van der Waals surface area contributed by atoms with Crippen LogP contribution in [0, 0.1) is 5.82 Å². The third-order valence-electron chi connectivity index (χ3n) is 5.01. The zero-order chi connectivity index (χ0) is 21.6. The minimum atomic E-state index is -3.72. The summed E-state index contributed by atoms with van der Waals surface area (Å²) in [7, 11) is -0.426. The number of methoxy groups -OCH3 is 1. The molecule has 0 aliphatic carbocycles. The van der Waals surface area contributed by atoms with Crippen molar-refractivity contribution in [2.75, 3.05) is 44.4 Å². The number of nitrogens with one attached hydrogen (secondary N) is 2. The summed E-state index contributed by atoms with van der Waals surface area (Å²) in [5.41, 5.74) is 1.04. The predicted octanol–water partition coefficient (Wildman–Crippen LogP) is 2.67. The van der Waals surface area contributed by atoms with Gasteiger partial charge < -0.3 is 20.3 Å². The minimum absolute atomic E-state index is 0. The van der Waals surface area contributed by atoms with Gasteiger partial charge in [-0.05, 0) is 30.7 Å². The first-order chi connectivity index (χ1) is 14.4. The van der Waals surface area contributed by atoms with Crippen molar-refractivity contribution in [1.82, 2.24) is 10.6 Å². The molecule has 1 fully saturated rings. The molecule has 1 unspecified atom stereocenters. The van der Waals surface area contributed by atoms with Gasteiger partial charge in [0.15, 0.2) is 15.8 Å². The second-order valence-electron chi connectivity index (χ2n) is 7.00. The summed E-state index contributed by atoms with van der Waals surface area (Å²) in [6, 6.07) is 13.5. The van der Waals surface area contributed by atoms with E-state index in [4.69, 9.17) is 4.74 Å². The van der Waals surface area contributed by atoms with Crippen molar-refractivity contribution in [1.29, 1.82) is 0 Å². The molecule has 7 nitrogen and oxygen atoms in total. The van der Waals surface area contributed by atoms with Crippen LogP contribution in [0.5, 0.6) is 5.75 Å². The Morgan fingerprint density at radius 1 is 1.23 bits per heavy atom. The molecular formula is C21H28FIN4O3S. The van der Waals surface area contributed by atoms with Crippen molar-refractivity contribution >= 4 is 45.5 Å². The largest absolute Gasteiger partial charge is 0.495 e. The van der Waals surface area contributed by atoms with Crippen LogP contribution in [0.4, 0.5) is 10.1 Å². The summed E-state index contributed by atoms with van der Waals surface area (Å²) in [4.78, 5) is 6.14. The normalized spacial score (nSPS) is 16.5. The molecule has 10 heteroatoms. The lowest BCUT2D eigenvalue weighted by Gasteiger charge is -2.22. The van der Waals surface area contributed by atoms with Gasteiger partial charge in [-0.25, -0.2) is 12.8 Å². The first-order valence-electron chi connectivity index (χ1n) is 9.77. The topological polar surface area (TPSA) is 83.0 Å². The fourth-order valence-electron chi connectivity index (χ4n) is 3.49. The lowest BCUT2D eigenvalue weighted by molar-refractivity contribution is 0.415. The summed E-state index contributed by atoms with van der Waals surface area (Å²) in [5.74, 6) is 0.388. The van der Waals surface area contributed by atoms with E-state index in [1.165, 1.54) is 18.2 Å². The monoisotopic (exact) mass is 562 g/mol. The molecular weight excluding hydrogens is 534 g/mol. The molecule has 0 spiro atoms. The minimum Gasteiger partial charge on any atom is -0.495 e. The SMILES string of the molecule is CN=C(NCCS(=O)(=O)c1ccccc1F)NC1CCN(c2ccccc2OC)C1.I. The van der Waals surface area contributed by atoms with Gasteiger partial charge in [-0.3, -0.25) is 4.99 Å². The molecule has 1 saturated heterocycles. The molecule has 0 saturated carbocycles. The van der Waals surface area contributed by atoms with E-state index in [-0.39, 0.29) is 47.2 Å². The van der Waals surface area contributed by atoms with Gasteiger partial charge in [0.25, 0.3) is 0 Å². The van der Waals surface area contributed by atoms with Crippen LogP contribution < -0.4 is 20.3 Å². The molecule has 1 aliphatic rings. The standard InChI is InChI=1S/C21H27FN4O3S.HI/c1-23-21(24-12-14-30(27,28)20-10-6-3-7-17(20)22)25-16-11-13-26(15-16)18-8-4-5-9-19(18)29-2;/h3-10,16H,11-15H2,1-2H3,(H2,23,24,25);1H. The highest BCUT2D eigenvalue weighted by Crippen LogP contribution is 2.30. The number of ether oxygens (including phenoxy) is 1. The van der Waals surface area contributed by atoms with Gasteiger partial charge in [-0.15, -0.1) is 24.0 Å². The van der Waals surface area contributed by atoms with Crippen molar-refractivity contribution in [2.24, 2.45) is 4.99 Å². The smallest absolute Gasteiger partial charge is 0.191 e. The highest BCUT2D eigenvalue weighted by molar-refractivity contribution is 14.0. The van der Waals surface area contributed by atoms with Crippen LogP contribution in [0.2, 0.25) is 0 Å². The van der Waals surface area contributed by atoms with Gasteiger partial charge in [0, 0.05) is 32.7 Å². The second kappa shape index (κ2) is 11.5. The third-order valence-corrected chi connectivity index (χ3v) is 6.76. The fourth-order valence-corrected chi connectivity index (χ4v) is 4.73. The van der Waals surface area contributed by atoms with Gasteiger partial charge in [-0.2, -0.15) is 0 Å². The zero-order valence-corrected chi connectivity index (χ0v) is 20.7. The Bertz CT molecular complexity index is 1000. The van der Waals surface area contributed by atoms with E-state index in [9.17, 15) is 12.8 Å². The molecule has 31 heavy (non-hydrogen) atoms. The molecule has 0 radical (unpaired) electrons. The maximum Gasteiger partial charge on any atom is 0.191 e. The van der Waals surface area contributed by atoms with Gasteiger partial charge in [0.1, 0.15) is 16.5 Å². The van der Waals surface area contributed by atoms with Crippen molar-refractivity contribution in [2.45, 2.75) is 17.4 Å².